The highest BCUT2D eigenvalue weighted by Gasteiger charge is 2.58. The van der Waals surface area contributed by atoms with Crippen LogP contribution in [-0.4, -0.2) is 19.3 Å². The summed E-state index contributed by atoms with van der Waals surface area (Å²) in [7, 11) is 0. The standard InChI is InChI=1S/C23H43NO/c1-16(2)22(4)12-10-19-21(17(22)3)20(25-14-8-13-24)15-18-9-6-7-11-23(18,19)5/h16-21H,6-15,24H2,1-5H3/t17?,18?,19?,20-,21?,22-,23+/m1/s1. The second-order valence-corrected chi connectivity index (χ2v) is 10.4. The van der Waals surface area contributed by atoms with Crippen LogP contribution in [-0.2, 0) is 4.74 Å². The van der Waals surface area contributed by atoms with Crippen molar-refractivity contribution in [2.45, 2.75) is 92.1 Å². The van der Waals surface area contributed by atoms with Crippen LogP contribution in [0, 0.1) is 40.4 Å². The van der Waals surface area contributed by atoms with E-state index in [-0.39, 0.29) is 0 Å². The summed E-state index contributed by atoms with van der Waals surface area (Å²) in [6.45, 7) is 14.3. The number of hydrogen-bond donors (Lipinski definition) is 1. The molecule has 0 radical (unpaired) electrons. The summed E-state index contributed by atoms with van der Waals surface area (Å²) in [5.74, 6) is 4.02. The predicted molar refractivity (Wildman–Crippen MR) is 106 cm³/mol. The Bertz CT molecular complexity index is 449. The molecule has 3 rings (SSSR count). The maximum atomic E-state index is 6.55. The van der Waals surface area contributed by atoms with Crippen LogP contribution in [0.5, 0.6) is 0 Å². The van der Waals surface area contributed by atoms with Gasteiger partial charge >= 0.3 is 0 Å². The molecule has 4 unspecified atom stereocenters. The Balaban J connectivity index is 1.88. The molecule has 3 saturated carbocycles. The summed E-state index contributed by atoms with van der Waals surface area (Å²) in [6, 6.07) is 0. The van der Waals surface area contributed by atoms with Crippen LogP contribution < -0.4 is 5.73 Å². The number of ether oxygens (including phenoxy) is 1. The van der Waals surface area contributed by atoms with Gasteiger partial charge in [0, 0.05) is 6.61 Å². The highest BCUT2D eigenvalue weighted by molar-refractivity contribution is 5.07. The van der Waals surface area contributed by atoms with Gasteiger partial charge in [0.2, 0.25) is 0 Å². The molecule has 3 aliphatic rings. The van der Waals surface area contributed by atoms with Crippen molar-refractivity contribution in [1.29, 1.82) is 0 Å². The Morgan fingerprint density at radius 1 is 1.12 bits per heavy atom. The van der Waals surface area contributed by atoms with E-state index in [9.17, 15) is 0 Å². The molecule has 0 aliphatic heterocycles. The molecular formula is C23H43NO. The molecule has 25 heavy (non-hydrogen) atoms. The summed E-state index contributed by atoms with van der Waals surface area (Å²) in [5, 5.41) is 0. The first-order valence-electron chi connectivity index (χ1n) is 11.2. The summed E-state index contributed by atoms with van der Waals surface area (Å²) < 4.78 is 6.55. The molecule has 7 atom stereocenters. The number of hydrogen-bond acceptors (Lipinski definition) is 2. The fraction of sp³-hybridized carbons (Fsp3) is 1.00. The van der Waals surface area contributed by atoms with Crippen LogP contribution in [0.2, 0.25) is 0 Å². The Hall–Kier alpha value is -0.0800. The van der Waals surface area contributed by atoms with E-state index in [1.165, 1.54) is 44.9 Å². The fourth-order valence-electron chi connectivity index (χ4n) is 7.08. The summed E-state index contributed by atoms with van der Waals surface area (Å²) in [5.41, 5.74) is 6.77. The SMILES string of the molecule is CC(C)[C@@]1(C)CCC2C(C1C)[C@H](OCCCN)CC1CCCC[C@@]12C. The molecule has 0 aromatic heterocycles. The molecule has 2 heteroatoms. The smallest absolute Gasteiger partial charge is 0.0611 e. The van der Waals surface area contributed by atoms with E-state index in [1.807, 2.05) is 0 Å². The van der Waals surface area contributed by atoms with E-state index in [4.69, 9.17) is 10.5 Å². The Morgan fingerprint density at radius 3 is 2.56 bits per heavy atom. The molecule has 0 saturated heterocycles. The average Bonchev–Trinajstić information content (AvgIpc) is 2.58. The summed E-state index contributed by atoms with van der Waals surface area (Å²) >= 11 is 0. The Kier molecular flexibility index (Phi) is 5.91. The molecule has 2 nitrogen and oxygen atoms in total. The lowest BCUT2D eigenvalue weighted by Gasteiger charge is -2.63. The van der Waals surface area contributed by atoms with Gasteiger partial charge in [0.25, 0.3) is 0 Å². The van der Waals surface area contributed by atoms with Crippen molar-refractivity contribution in [1.82, 2.24) is 0 Å². The molecule has 0 bridgehead atoms. The van der Waals surface area contributed by atoms with Crippen LogP contribution in [0.15, 0.2) is 0 Å². The van der Waals surface area contributed by atoms with E-state index in [0.29, 0.717) is 16.9 Å². The first-order valence-corrected chi connectivity index (χ1v) is 11.2. The van der Waals surface area contributed by atoms with Gasteiger partial charge in [-0.05, 0) is 85.5 Å². The largest absolute Gasteiger partial charge is 0.378 e. The van der Waals surface area contributed by atoms with Crippen LogP contribution >= 0.6 is 0 Å². The third kappa shape index (κ3) is 3.31. The molecule has 3 aliphatic carbocycles. The zero-order chi connectivity index (χ0) is 18.2. The predicted octanol–water partition coefficient (Wildman–Crippen LogP) is 5.65. The van der Waals surface area contributed by atoms with Crippen molar-refractivity contribution in [3.63, 3.8) is 0 Å². The van der Waals surface area contributed by atoms with Gasteiger partial charge in [0.05, 0.1) is 6.10 Å². The van der Waals surface area contributed by atoms with Crippen LogP contribution in [0.25, 0.3) is 0 Å². The Morgan fingerprint density at radius 2 is 1.88 bits per heavy atom. The topological polar surface area (TPSA) is 35.2 Å². The molecule has 0 amide bonds. The van der Waals surface area contributed by atoms with Crippen molar-refractivity contribution in [3.05, 3.63) is 0 Å². The van der Waals surface area contributed by atoms with Gasteiger partial charge in [-0.15, -0.1) is 0 Å². The lowest BCUT2D eigenvalue weighted by Crippen LogP contribution is -2.58. The number of fused-ring (bicyclic) bond motifs is 3. The average molecular weight is 350 g/mol. The second-order valence-electron chi connectivity index (χ2n) is 10.4. The van der Waals surface area contributed by atoms with Gasteiger partial charge in [0.15, 0.2) is 0 Å². The molecule has 0 spiro atoms. The van der Waals surface area contributed by atoms with E-state index >= 15 is 0 Å². The van der Waals surface area contributed by atoms with E-state index in [0.717, 1.165) is 49.2 Å². The van der Waals surface area contributed by atoms with Crippen molar-refractivity contribution < 1.29 is 4.74 Å². The highest BCUT2D eigenvalue weighted by Crippen LogP contribution is 2.64. The van der Waals surface area contributed by atoms with Crippen molar-refractivity contribution in [3.8, 4) is 0 Å². The second kappa shape index (κ2) is 7.50. The lowest BCUT2D eigenvalue weighted by atomic mass is 9.43. The van der Waals surface area contributed by atoms with Crippen LogP contribution in [0.3, 0.4) is 0 Å². The fourth-order valence-corrected chi connectivity index (χ4v) is 7.08. The quantitative estimate of drug-likeness (QED) is 0.651. The van der Waals surface area contributed by atoms with Gasteiger partial charge in [-0.1, -0.05) is 47.5 Å². The van der Waals surface area contributed by atoms with Crippen molar-refractivity contribution >= 4 is 0 Å². The molecule has 146 valence electrons. The van der Waals surface area contributed by atoms with Gasteiger partial charge in [-0.3, -0.25) is 0 Å². The van der Waals surface area contributed by atoms with Gasteiger partial charge in [0.1, 0.15) is 0 Å². The van der Waals surface area contributed by atoms with Crippen molar-refractivity contribution in [2.24, 2.45) is 46.2 Å². The lowest BCUT2D eigenvalue weighted by molar-refractivity contribution is -0.183. The first-order chi connectivity index (χ1) is 11.8. The number of nitrogens with two attached hydrogens (primary N) is 1. The third-order valence-electron chi connectivity index (χ3n) is 9.32. The third-order valence-corrected chi connectivity index (χ3v) is 9.32. The highest BCUT2D eigenvalue weighted by atomic mass is 16.5. The van der Waals surface area contributed by atoms with Crippen LogP contribution in [0.1, 0.15) is 86.0 Å². The monoisotopic (exact) mass is 349 g/mol. The van der Waals surface area contributed by atoms with Crippen molar-refractivity contribution in [2.75, 3.05) is 13.2 Å². The Labute approximate surface area is 156 Å². The minimum Gasteiger partial charge on any atom is -0.378 e. The zero-order valence-electron chi connectivity index (χ0n) is 17.5. The normalized spacial score (nSPS) is 47.4. The molecule has 0 heterocycles. The molecule has 0 aromatic rings. The maximum Gasteiger partial charge on any atom is 0.0611 e. The summed E-state index contributed by atoms with van der Waals surface area (Å²) in [6.07, 6.45) is 11.4. The minimum absolute atomic E-state index is 0.467. The number of rotatable bonds is 5. The van der Waals surface area contributed by atoms with Gasteiger partial charge in [-0.2, -0.15) is 0 Å². The van der Waals surface area contributed by atoms with Gasteiger partial charge < -0.3 is 10.5 Å². The van der Waals surface area contributed by atoms with Gasteiger partial charge in [-0.25, -0.2) is 0 Å². The van der Waals surface area contributed by atoms with Crippen LogP contribution in [0.4, 0.5) is 0 Å². The summed E-state index contributed by atoms with van der Waals surface area (Å²) in [4.78, 5) is 0. The minimum atomic E-state index is 0.467. The van der Waals surface area contributed by atoms with E-state index < -0.39 is 0 Å². The maximum absolute atomic E-state index is 6.55. The van der Waals surface area contributed by atoms with E-state index in [2.05, 4.69) is 34.6 Å². The molecule has 3 fully saturated rings. The molecule has 0 aromatic carbocycles. The molecular weight excluding hydrogens is 306 g/mol. The van der Waals surface area contributed by atoms with E-state index in [1.54, 1.807) is 0 Å². The zero-order valence-corrected chi connectivity index (χ0v) is 17.5. The first kappa shape index (κ1) is 19.7. The molecule has 2 N–H and O–H groups in total.